The fourth-order valence-electron chi connectivity index (χ4n) is 2.45. The molecule has 0 saturated heterocycles. The lowest BCUT2D eigenvalue weighted by Gasteiger charge is -2.10. The van der Waals surface area contributed by atoms with Crippen LogP contribution >= 0.6 is 0 Å². The molecule has 0 amide bonds. The molecule has 0 spiro atoms. The number of ether oxygens (including phenoxy) is 3. The fraction of sp³-hybridized carbons (Fsp3) is 0.318. The van der Waals surface area contributed by atoms with Crippen LogP contribution in [0.25, 0.3) is 6.08 Å². The minimum Gasteiger partial charge on any atom is -0.497 e. The zero-order valence-electron chi connectivity index (χ0n) is 15.7. The molecule has 4 heteroatoms. The SMILES string of the molecule is CCCCOC(=O)/C(=C\c1ccc(OC)cc1)Cc1ccc(OC)cc1. The van der Waals surface area contributed by atoms with E-state index in [2.05, 4.69) is 6.92 Å². The summed E-state index contributed by atoms with van der Waals surface area (Å²) in [5.74, 6) is 1.30. The molecule has 0 saturated carbocycles. The van der Waals surface area contributed by atoms with E-state index in [1.807, 2.05) is 54.6 Å². The van der Waals surface area contributed by atoms with Crippen molar-refractivity contribution in [3.63, 3.8) is 0 Å². The first-order chi connectivity index (χ1) is 12.7. The third kappa shape index (κ3) is 5.96. The Kier molecular flexibility index (Phi) is 7.75. The van der Waals surface area contributed by atoms with Gasteiger partial charge in [0.25, 0.3) is 0 Å². The Labute approximate surface area is 155 Å². The molecule has 0 N–H and O–H groups in total. The number of carbonyl (C=O) groups is 1. The lowest BCUT2D eigenvalue weighted by Crippen LogP contribution is -2.11. The molecule has 2 aromatic rings. The van der Waals surface area contributed by atoms with Gasteiger partial charge in [0.15, 0.2) is 0 Å². The number of carbonyl (C=O) groups excluding carboxylic acids is 1. The smallest absolute Gasteiger partial charge is 0.334 e. The van der Waals surface area contributed by atoms with Crippen molar-refractivity contribution in [1.82, 2.24) is 0 Å². The summed E-state index contributed by atoms with van der Waals surface area (Å²) in [5, 5.41) is 0. The Morgan fingerprint density at radius 1 is 0.923 bits per heavy atom. The molecule has 0 aromatic heterocycles. The van der Waals surface area contributed by atoms with Crippen LogP contribution in [0.5, 0.6) is 11.5 Å². The topological polar surface area (TPSA) is 44.8 Å². The zero-order chi connectivity index (χ0) is 18.8. The Hall–Kier alpha value is -2.75. The molecule has 0 atom stereocenters. The van der Waals surface area contributed by atoms with E-state index in [0.717, 1.165) is 35.5 Å². The summed E-state index contributed by atoms with van der Waals surface area (Å²) in [7, 11) is 3.26. The van der Waals surface area contributed by atoms with E-state index >= 15 is 0 Å². The number of hydrogen-bond donors (Lipinski definition) is 0. The van der Waals surface area contributed by atoms with Crippen LogP contribution in [0.4, 0.5) is 0 Å². The van der Waals surface area contributed by atoms with Gasteiger partial charge in [-0.1, -0.05) is 37.6 Å². The third-order valence-electron chi connectivity index (χ3n) is 4.00. The standard InChI is InChI=1S/C22H26O4/c1-4-5-14-26-22(23)19(15-17-6-10-20(24-2)11-7-17)16-18-8-12-21(25-3)13-9-18/h6-13,15H,4-5,14,16H2,1-3H3/b19-15-. The molecule has 0 aliphatic carbocycles. The van der Waals surface area contributed by atoms with Gasteiger partial charge < -0.3 is 14.2 Å². The van der Waals surface area contributed by atoms with Crippen LogP contribution in [0.15, 0.2) is 54.1 Å². The van der Waals surface area contributed by atoms with Crippen LogP contribution in [-0.2, 0) is 16.0 Å². The Bertz CT molecular complexity index is 715. The van der Waals surface area contributed by atoms with E-state index < -0.39 is 0 Å². The quantitative estimate of drug-likeness (QED) is 0.373. The Morgan fingerprint density at radius 2 is 1.50 bits per heavy atom. The number of hydrogen-bond acceptors (Lipinski definition) is 4. The summed E-state index contributed by atoms with van der Waals surface area (Å²) in [4.78, 5) is 12.5. The summed E-state index contributed by atoms with van der Waals surface area (Å²) >= 11 is 0. The molecular weight excluding hydrogens is 328 g/mol. The lowest BCUT2D eigenvalue weighted by atomic mass is 10.0. The minimum atomic E-state index is -0.273. The van der Waals surface area contributed by atoms with Crippen LogP contribution in [0, 0.1) is 0 Å². The molecule has 2 aromatic carbocycles. The third-order valence-corrected chi connectivity index (χ3v) is 4.00. The normalized spacial score (nSPS) is 11.1. The molecule has 138 valence electrons. The van der Waals surface area contributed by atoms with Gasteiger partial charge in [0, 0.05) is 12.0 Å². The number of unbranched alkanes of at least 4 members (excludes halogenated alkanes) is 1. The van der Waals surface area contributed by atoms with E-state index in [-0.39, 0.29) is 5.97 Å². The highest BCUT2D eigenvalue weighted by Crippen LogP contribution is 2.19. The molecule has 0 fully saturated rings. The van der Waals surface area contributed by atoms with Crippen LogP contribution in [0.1, 0.15) is 30.9 Å². The summed E-state index contributed by atoms with van der Waals surface area (Å²) < 4.78 is 15.8. The van der Waals surface area contributed by atoms with Crippen molar-refractivity contribution in [2.45, 2.75) is 26.2 Å². The number of methoxy groups -OCH3 is 2. The average molecular weight is 354 g/mol. The zero-order valence-corrected chi connectivity index (χ0v) is 15.7. The molecular formula is C22H26O4. The van der Waals surface area contributed by atoms with Crippen LogP contribution < -0.4 is 9.47 Å². The fourth-order valence-corrected chi connectivity index (χ4v) is 2.45. The summed E-state index contributed by atoms with van der Waals surface area (Å²) in [6, 6.07) is 15.3. The van der Waals surface area contributed by atoms with Gasteiger partial charge in [-0.05, 0) is 47.9 Å². The van der Waals surface area contributed by atoms with Crippen LogP contribution in [-0.4, -0.2) is 26.8 Å². The van der Waals surface area contributed by atoms with Gasteiger partial charge in [0.2, 0.25) is 0 Å². The number of esters is 1. The van der Waals surface area contributed by atoms with Gasteiger partial charge in [-0.25, -0.2) is 4.79 Å². The first kappa shape index (κ1) is 19.6. The van der Waals surface area contributed by atoms with E-state index in [4.69, 9.17) is 14.2 Å². The van der Waals surface area contributed by atoms with Crippen molar-refractivity contribution < 1.29 is 19.0 Å². The molecule has 0 unspecified atom stereocenters. The minimum absolute atomic E-state index is 0.273. The van der Waals surface area contributed by atoms with Crippen molar-refractivity contribution in [3.8, 4) is 11.5 Å². The van der Waals surface area contributed by atoms with Crippen molar-refractivity contribution >= 4 is 12.0 Å². The monoisotopic (exact) mass is 354 g/mol. The number of rotatable bonds is 9. The molecule has 4 nitrogen and oxygen atoms in total. The molecule has 0 aliphatic heterocycles. The van der Waals surface area contributed by atoms with Crippen molar-refractivity contribution in [2.75, 3.05) is 20.8 Å². The second kappa shape index (κ2) is 10.3. The van der Waals surface area contributed by atoms with Gasteiger partial charge in [-0.15, -0.1) is 0 Å². The molecule has 0 heterocycles. The molecule has 2 rings (SSSR count). The first-order valence-corrected chi connectivity index (χ1v) is 8.81. The summed E-state index contributed by atoms with van der Waals surface area (Å²) in [5.41, 5.74) is 2.58. The van der Waals surface area contributed by atoms with Gasteiger partial charge in [-0.2, -0.15) is 0 Å². The van der Waals surface area contributed by atoms with E-state index in [9.17, 15) is 4.79 Å². The van der Waals surface area contributed by atoms with Gasteiger partial charge in [0.1, 0.15) is 11.5 Å². The maximum Gasteiger partial charge on any atom is 0.334 e. The average Bonchev–Trinajstić information content (AvgIpc) is 2.68. The molecule has 0 radical (unpaired) electrons. The summed E-state index contributed by atoms with van der Waals surface area (Å²) in [6.45, 7) is 2.51. The van der Waals surface area contributed by atoms with Crippen LogP contribution in [0.3, 0.4) is 0 Å². The Morgan fingerprint density at radius 3 is 2.04 bits per heavy atom. The lowest BCUT2D eigenvalue weighted by molar-refractivity contribution is -0.139. The van der Waals surface area contributed by atoms with Gasteiger partial charge in [0.05, 0.1) is 20.8 Å². The van der Waals surface area contributed by atoms with E-state index in [0.29, 0.717) is 18.6 Å². The Balaban J connectivity index is 2.21. The largest absolute Gasteiger partial charge is 0.497 e. The van der Waals surface area contributed by atoms with Crippen molar-refractivity contribution in [3.05, 3.63) is 65.2 Å². The number of benzene rings is 2. The van der Waals surface area contributed by atoms with Crippen molar-refractivity contribution in [2.24, 2.45) is 0 Å². The highest BCUT2D eigenvalue weighted by Gasteiger charge is 2.12. The van der Waals surface area contributed by atoms with E-state index in [1.165, 1.54) is 0 Å². The maximum absolute atomic E-state index is 12.5. The molecule has 0 aliphatic rings. The predicted octanol–water partition coefficient (Wildman–Crippen LogP) is 4.67. The molecule has 0 bridgehead atoms. The predicted molar refractivity (Wildman–Crippen MR) is 104 cm³/mol. The summed E-state index contributed by atoms with van der Waals surface area (Å²) in [6.07, 6.45) is 4.23. The van der Waals surface area contributed by atoms with Gasteiger partial charge >= 0.3 is 5.97 Å². The molecule has 26 heavy (non-hydrogen) atoms. The highest BCUT2D eigenvalue weighted by atomic mass is 16.5. The van der Waals surface area contributed by atoms with Gasteiger partial charge in [-0.3, -0.25) is 0 Å². The highest BCUT2D eigenvalue weighted by molar-refractivity contribution is 5.94. The van der Waals surface area contributed by atoms with E-state index in [1.54, 1.807) is 14.2 Å². The second-order valence-corrected chi connectivity index (χ2v) is 5.96. The maximum atomic E-state index is 12.5. The first-order valence-electron chi connectivity index (χ1n) is 8.81. The van der Waals surface area contributed by atoms with Crippen molar-refractivity contribution in [1.29, 1.82) is 0 Å². The second-order valence-electron chi connectivity index (χ2n) is 5.96. The van der Waals surface area contributed by atoms with Crippen LogP contribution in [0.2, 0.25) is 0 Å².